The third kappa shape index (κ3) is 5.53. The second-order valence-electron chi connectivity index (χ2n) is 5.98. The normalized spacial score (nSPS) is 10.4. The van der Waals surface area contributed by atoms with Crippen LogP contribution in [0.25, 0.3) is 0 Å². The van der Waals surface area contributed by atoms with E-state index in [2.05, 4.69) is 5.32 Å². The van der Waals surface area contributed by atoms with Crippen molar-refractivity contribution in [3.8, 4) is 17.2 Å². The largest absolute Gasteiger partial charge is 0.495 e. The van der Waals surface area contributed by atoms with Crippen molar-refractivity contribution in [2.24, 2.45) is 0 Å². The number of nitrogens with one attached hydrogen (secondary N) is 1. The van der Waals surface area contributed by atoms with E-state index in [-0.39, 0.29) is 16.7 Å². The Balaban J connectivity index is 2.04. The van der Waals surface area contributed by atoms with Gasteiger partial charge in [-0.15, -0.1) is 0 Å². The fraction of sp³-hybridized carbons (Fsp3) is 0.300. The maximum absolute atomic E-state index is 12.3. The second-order valence-corrected chi connectivity index (χ2v) is 6.39. The Labute approximate surface area is 168 Å². The highest BCUT2D eigenvalue weighted by Gasteiger charge is 2.18. The zero-order valence-electron chi connectivity index (χ0n) is 16.1. The number of anilines is 1. The van der Waals surface area contributed by atoms with Crippen LogP contribution in [0.15, 0.2) is 36.4 Å². The monoisotopic (exact) mass is 407 g/mol. The summed E-state index contributed by atoms with van der Waals surface area (Å²) in [4.78, 5) is 24.4. The number of rotatable bonds is 8. The summed E-state index contributed by atoms with van der Waals surface area (Å²) in [5.41, 5.74) is 0.619. The first-order chi connectivity index (χ1) is 13.3. The molecular formula is C20H22ClNO6. The van der Waals surface area contributed by atoms with E-state index in [4.69, 9.17) is 30.5 Å². The predicted octanol–water partition coefficient (Wildman–Crippen LogP) is 3.94. The van der Waals surface area contributed by atoms with Crippen LogP contribution in [0, 0.1) is 0 Å². The predicted molar refractivity (Wildman–Crippen MR) is 106 cm³/mol. The zero-order valence-corrected chi connectivity index (χ0v) is 16.8. The smallest absolute Gasteiger partial charge is 0.338 e. The zero-order chi connectivity index (χ0) is 20.7. The number of carbonyl (C=O) groups is 2. The highest BCUT2D eigenvalue weighted by Crippen LogP contribution is 2.37. The number of amides is 1. The fourth-order valence-electron chi connectivity index (χ4n) is 2.34. The van der Waals surface area contributed by atoms with Crippen LogP contribution in [-0.2, 0) is 9.53 Å². The summed E-state index contributed by atoms with van der Waals surface area (Å²) in [6.45, 7) is 3.22. The molecule has 0 aliphatic heterocycles. The van der Waals surface area contributed by atoms with E-state index in [1.165, 1.54) is 26.4 Å². The SMILES string of the molecule is COc1ccccc1NC(=O)COC(=O)c1cc(Cl)c(OC(C)C)c(OC)c1. The Morgan fingerprint density at radius 3 is 2.39 bits per heavy atom. The first-order valence-electron chi connectivity index (χ1n) is 8.49. The number of benzene rings is 2. The van der Waals surface area contributed by atoms with Gasteiger partial charge in [0.1, 0.15) is 5.75 Å². The molecule has 0 aromatic heterocycles. The third-order valence-corrected chi connectivity index (χ3v) is 3.81. The van der Waals surface area contributed by atoms with Crippen molar-refractivity contribution < 1.29 is 28.5 Å². The van der Waals surface area contributed by atoms with Crippen LogP contribution < -0.4 is 19.5 Å². The van der Waals surface area contributed by atoms with Gasteiger partial charge in [0.15, 0.2) is 18.1 Å². The van der Waals surface area contributed by atoms with Crippen molar-refractivity contribution in [3.05, 3.63) is 47.0 Å². The minimum Gasteiger partial charge on any atom is -0.495 e. The molecule has 2 aromatic rings. The minimum absolute atomic E-state index is 0.122. The molecule has 0 unspecified atom stereocenters. The molecule has 0 atom stereocenters. The molecule has 28 heavy (non-hydrogen) atoms. The van der Waals surface area contributed by atoms with Crippen LogP contribution in [-0.4, -0.2) is 38.8 Å². The summed E-state index contributed by atoms with van der Waals surface area (Å²) in [5, 5.41) is 2.83. The van der Waals surface area contributed by atoms with E-state index >= 15 is 0 Å². The Hall–Kier alpha value is -2.93. The van der Waals surface area contributed by atoms with Gasteiger partial charge in [0.2, 0.25) is 0 Å². The van der Waals surface area contributed by atoms with Gasteiger partial charge in [0.05, 0.1) is 36.6 Å². The molecule has 0 aliphatic carbocycles. The van der Waals surface area contributed by atoms with E-state index in [0.717, 1.165) is 0 Å². The molecule has 1 amide bonds. The van der Waals surface area contributed by atoms with Crippen molar-refractivity contribution in [2.75, 3.05) is 26.1 Å². The van der Waals surface area contributed by atoms with Crippen LogP contribution >= 0.6 is 11.6 Å². The molecule has 0 radical (unpaired) electrons. The van der Waals surface area contributed by atoms with E-state index in [0.29, 0.717) is 22.9 Å². The van der Waals surface area contributed by atoms with Crippen LogP contribution in [0.4, 0.5) is 5.69 Å². The molecule has 2 rings (SSSR count). The summed E-state index contributed by atoms with van der Waals surface area (Å²) in [6.07, 6.45) is -0.122. The lowest BCUT2D eigenvalue weighted by molar-refractivity contribution is -0.119. The summed E-state index contributed by atoms with van der Waals surface area (Å²) in [5.74, 6) is -0.0853. The lowest BCUT2D eigenvalue weighted by Gasteiger charge is -2.16. The van der Waals surface area contributed by atoms with Gasteiger partial charge in [0, 0.05) is 0 Å². The lowest BCUT2D eigenvalue weighted by atomic mass is 10.2. The van der Waals surface area contributed by atoms with Crippen molar-refractivity contribution in [1.82, 2.24) is 0 Å². The third-order valence-electron chi connectivity index (χ3n) is 3.53. The van der Waals surface area contributed by atoms with Gasteiger partial charge >= 0.3 is 5.97 Å². The Morgan fingerprint density at radius 1 is 1.07 bits per heavy atom. The van der Waals surface area contributed by atoms with E-state index < -0.39 is 18.5 Å². The molecular weight excluding hydrogens is 386 g/mol. The number of hydrogen-bond donors (Lipinski definition) is 1. The van der Waals surface area contributed by atoms with Crippen molar-refractivity contribution in [1.29, 1.82) is 0 Å². The molecule has 7 nitrogen and oxygen atoms in total. The highest BCUT2D eigenvalue weighted by atomic mass is 35.5. The van der Waals surface area contributed by atoms with Gasteiger partial charge in [-0.2, -0.15) is 0 Å². The van der Waals surface area contributed by atoms with Gasteiger partial charge < -0.3 is 24.3 Å². The summed E-state index contributed by atoms with van der Waals surface area (Å²) in [7, 11) is 2.93. The van der Waals surface area contributed by atoms with Crippen LogP contribution in [0.3, 0.4) is 0 Å². The molecule has 8 heteroatoms. The fourth-order valence-corrected chi connectivity index (χ4v) is 2.59. The Morgan fingerprint density at radius 2 is 1.75 bits per heavy atom. The molecule has 0 fully saturated rings. The molecule has 2 aromatic carbocycles. The van der Waals surface area contributed by atoms with Crippen LogP contribution in [0.2, 0.25) is 5.02 Å². The topological polar surface area (TPSA) is 83.1 Å². The number of methoxy groups -OCH3 is 2. The van der Waals surface area contributed by atoms with Crippen molar-refractivity contribution in [2.45, 2.75) is 20.0 Å². The molecule has 0 saturated heterocycles. The number of carbonyl (C=O) groups excluding carboxylic acids is 2. The van der Waals surface area contributed by atoms with E-state index in [1.807, 2.05) is 13.8 Å². The van der Waals surface area contributed by atoms with Gasteiger partial charge in [-0.1, -0.05) is 23.7 Å². The maximum atomic E-state index is 12.3. The Bertz CT molecular complexity index is 853. The average Bonchev–Trinajstić information content (AvgIpc) is 2.67. The molecule has 150 valence electrons. The molecule has 0 bridgehead atoms. The van der Waals surface area contributed by atoms with Gasteiger partial charge in [-0.3, -0.25) is 4.79 Å². The quantitative estimate of drug-likeness (QED) is 0.667. The van der Waals surface area contributed by atoms with Crippen LogP contribution in [0.5, 0.6) is 17.2 Å². The van der Waals surface area contributed by atoms with Gasteiger partial charge in [-0.05, 0) is 38.1 Å². The maximum Gasteiger partial charge on any atom is 0.338 e. The summed E-state index contributed by atoms with van der Waals surface area (Å²) < 4.78 is 21.1. The van der Waals surface area contributed by atoms with Crippen molar-refractivity contribution in [3.63, 3.8) is 0 Å². The average molecular weight is 408 g/mol. The summed E-state index contributed by atoms with van der Waals surface area (Å²) in [6, 6.07) is 9.76. The molecule has 0 aliphatic rings. The number of para-hydroxylation sites is 2. The van der Waals surface area contributed by atoms with Gasteiger partial charge in [-0.25, -0.2) is 4.79 Å². The molecule has 0 saturated carbocycles. The highest BCUT2D eigenvalue weighted by molar-refractivity contribution is 6.32. The van der Waals surface area contributed by atoms with Gasteiger partial charge in [0.25, 0.3) is 5.91 Å². The second kappa shape index (κ2) is 9.85. The first-order valence-corrected chi connectivity index (χ1v) is 8.87. The van der Waals surface area contributed by atoms with E-state index in [1.54, 1.807) is 24.3 Å². The summed E-state index contributed by atoms with van der Waals surface area (Å²) >= 11 is 6.20. The first kappa shape index (κ1) is 21.4. The Kier molecular flexibility index (Phi) is 7.52. The number of hydrogen-bond acceptors (Lipinski definition) is 6. The number of halogens is 1. The number of esters is 1. The molecule has 0 heterocycles. The minimum atomic E-state index is -0.716. The number of ether oxygens (including phenoxy) is 4. The molecule has 0 spiro atoms. The lowest BCUT2D eigenvalue weighted by Crippen LogP contribution is -2.21. The standard InChI is InChI=1S/C20H22ClNO6/c1-12(2)28-19-14(21)9-13(10-17(19)26-4)20(24)27-11-18(23)22-15-7-5-6-8-16(15)25-3/h5-10,12H,11H2,1-4H3,(H,22,23). The van der Waals surface area contributed by atoms with Crippen LogP contribution in [0.1, 0.15) is 24.2 Å². The van der Waals surface area contributed by atoms with E-state index in [9.17, 15) is 9.59 Å². The molecule has 1 N–H and O–H groups in total. The van der Waals surface area contributed by atoms with Crippen molar-refractivity contribution >= 4 is 29.2 Å².